The van der Waals surface area contributed by atoms with Gasteiger partial charge in [-0.15, -0.1) is 24.0 Å². The van der Waals surface area contributed by atoms with Crippen molar-refractivity contribution in [2.75, 3.05) is 65.5 Å². The molecule has 8 nitrogen and oxygen atoms in total. The van der Waals surface area contributed by atoms with Gasteiger partial charge in [-0.25, -0.2) is 4.79 Å². The van der Waals surface area contributed by atoms with E-state index in [4.69, 9.17) is 10.5 Å². The first-order valence-electron chi connectivity index (χ1n) is 10.5. The molecule has 28 heavy (non-hydrogen) atoms. The van der Waals surface area contributed by atoms with Gasteiger partial charge >= 0.3 is 6.09 Å². The van der Waals surface area contributed by atoms with Crippen LogP contribution in [0.5, 0.6) is 0 Å². The first-order chi connectivity index (χ1) is 13.1. The summed E-state index contributed by atoms with van der Waals surface area (Å²) in [6.45, 7) is 13.7. The molecule has 0 aromatic rings. The Bertz CT molecular complexity index is 463. The van der Waals surface area contributed by atoms with Gasteiger partial charge in [0.1, 0.15) is 0 Å². The summed E-state index contributed by atoms with van der Waals surface area (Å²) < 4.78 is 5.04. The summed E-state index contributed by atoms with van der Waals surface area (Å²) in [5.74, 6) is 0.529. The van der Waals surface area contributed by atoms with Gasteiger partial charge in [0.15, 0.2) is 5.96 Å². The lowest BCUT2D eigenvalue weighted by Gasteiger charge is -2.33. The molecular formula is C19H39IN6O2. The number of aliphatic imine (C=N–C) groups is 1. The van der Waals surface area contributed by atoms with E-state index in [9.17, 15) is 4.79 Å². The van der Waals surface area contributed by atoms with E-state index in [1.165, 1.54) is 32.6 Å². The highest BCUT2D eigenvalue weighted by Gasteiger charge is 2.23. The second-order valence-corrected chi connectivity index (χ2v) is 7.35. The smallest absolute Gasteiger partial charge is 0.409 e. The molecule has 2 aliphatic rings. The molecular weight excluding hydrogens is 471 g/mol. The minimum Gasteiger partial charge on any atom is -0.450 e. The van der Waals surface area contributed by atoms with E-state index in [1.807, 2.05) is 6.92 Å². The van der Waals surface area contributed by atoms with Crippen LogP contribution >= 0.6 is 24.0 Å². The lowest BCUT2D eigenvalue weighted by molar-refractivity contribution is 0.0963. The fourth-order valence-electron chi connectivity index (χ4n) is 3.65. The molecule has 2 fully saturated rings. The van der Waals surface area contributed by atoms with Gasteiger partial charge < -0.3 is 30.5 Å². The number of nitrogens with one attached hydrogen (secondary N) is 1. The first-order valence-corrected chi connectivity index (χ1v) is 10.5. The molecule has 0 aromatic heterocycles. The van der Waals surface area contributed by atoms with E-state index in [0.29, 0.717) is 25.7 Å². The number of nitrogens with zero attached hydrogens (tertiary/aromatic N) is 4. The third-order valence-electron chi connectivity index (χ3n) is 5.45. The Kier molecular flexibility index (Phi) is 12.8. The van der Waals surface area contributed by atoms with Gasteiger partial charge in [0, 0.05) is 51.9 Å². The summed E-state index contributed by atoms with van der Waals surface area (Å²) in [7, 11) is 0. The molecule has 0 saturated carbocycles. The van der Waals surface area contributed by atoms with E-state index < -0.39 is 0 Å². The zero-order chi connectivity index (χ0) is 19.5. The number of likely N-dealkylation sites (N-methyl/N-ethyl adjacent to an activating group) is 1. The minimum atomic E-state index is -0.214. The molecule has 0 aliphatic carbocycles. The highest BCUT2D eigenvalue weighted by atomic mass is 127. The van der Waals surface area contributed by atoms with Crippen molar-refractivity contribution in [2.24, 2.45) is 10.7 Å². The Morgan fingerprint density at radius 1 is 1.07 bits per heavy atom. The average Bonchev–Trinajstić information content (AvgIpc) is 2.69. The van der Waals surface area contributed by atoms with Crippen molar-refractivity contribution in [3.63, 3.8) is 0 Å². The molecule has 0 bridgehead atoms. The summed E-state index contributed by atoms with van der Waals surface area (Å²) in [5.41, 5.74) is 6.02. The number of halogens is 1. The quantitative estimate of drug-likeness (QED) is 0.223. The monoisotopic (exact) mass is 510 g/mol. The van der Waals surface area contributed by atoms with E-state index in [1.54, 1.807) is 4.90 Å². The maximum absolute atomic E-state index is 11.7. The Morgan fingerprint density at radius 3 is 2.32 bits per heavy atom. The van der Waals surface area contributed by atoms with Crippen molar-refractivity contribution in [1.29, 1.82) is 0 Å². The lowest BCUT2D eigenvalue weighted by Crippen LogP contribution is -2.48. The molecule has 9 heteroatoms. The molecule has 2 aliphatic heterocycles. The highest BCUT2D eigenvalue weighted by molar-refractivity contribution is 14.0. The lowest BCUT2D eigenvalue weighted by atomic mass is 10.1. The zero-order valence-corrected chi connectivity index (χ0v) is 19.9. The number of hydrogen-bond acceptors (Lipinski definition) is 5. The summed E-state index contributed by atoms with van der Waals surface area (Å²) in [6.07, 6.45) is 3.77. The van der Waals surface area contributed by atoms with Crippen LogP contribution in [0.15, 0.2) is 4.99 Å². The fourth-order valence-corrected chi connectivity index (χ4v) is 3.65. The number of carbonyl (C=O) groups excluding carboxylic acids is 1. The molecule has 0 aromatic carbocycles. The van der Waals surface area contributed by atoms with E-state index in [2.05, 4.69) is 27.0 Å². The molecule has 0 unspecified atom stereocenters. The number of ether oxygens (including phenoxy) is 1. The number of amides is 1. The standard InChI is InChI=1S/C19H38N6O2.HI/c1-3-23-13-15-24(16-14-23)10-6-5-9-21-18(20)22-17-7-11-25(12-8-17)19(26)27-4-2;/h17H,3-16H2,1-2H3,(H3,20,21,22);1H. The number of unbranched alkanes of at least 4 members (excludes halogenated alkanes) is 1. The van der Waals surface area contributed by atoms with Crippen LogP contribution in [0.1, 0.15) is 39.5 Å². The van der Waals surface area contributed by atoms with E-state index in [0.717, 1.165) is 38.9 Å². The van der Waals surface area contributed by atoms with Crippen LogP contribution in [0.4, 0.5) is 4.79 Å². The Balaban J connectivity index is 0.00000392. The first kappa shape index (κ1) is 25.2. The third kappa shape index (κ3) is 9.13. The third-order valence-corrected chi connectivity index (χ3v) is 5.45. The summed E-state index contributed by atoms with van der Waals surface area (Å²) >= 11 is 0. The van der Waals surface area contributed by atoms with Gasteiger partial charge in [-0.05, 0) is 45.7 Å². The predicted molar refractivity (Wildman–Crippen MR) is 124 cm³/mol. The summed E-state index contributed by atoms with van der Waals surface area (Å²) in [6, 6.07) is 0.286. The molecule has 2 saturated heterocycles. The summed E-state index contributed by atoms with van der Waals surface area (Å²) in [4.78, 5) is 23.0. The van der Waals surface area contributed by atoms with Crippen molar-refractivity contribution in [2.45, 2.75) is 45.6 Å². The predicted octanol–water partition coefficient (Wildman–Crippen LogP) is 1.55. The highest BCUT2D eigenvalue weighted by Crippen LogP contribution is 2.11. The van der Waals surface area contributed by atoms with Gasteiger partial charge in [-0.3, -0.25) is 4.99 Å². The van der Waals surface area contributed by atoms with Crippen molar-refractivity contribution in [1.82, 2.24) is 20.0 Å². The number of piperazine rings is 1. The second kappa shape index (κ2) is 14.2. The van der Waals surface area contributed by atoms with Gasteiger partial charge in [0.2, 0.25) is 0 Å². The van der Waals surface area contributed by atoms with Gasteiger partial charge in [0.05, 0.1) is 6.61 Å². The SMILES string of the molecule is CCOC(=O)N1CCC(NC(N)=NCCCCN2CCN(CC)CC2)CC1.I. The van der Waals surface area contributed by atoms with Crippen LogP contribution in [0.25, 0.3) is 0 Å². The van der Waals surface area contributed by atoms with Gasteiger partial charge in [-0.2, -0.15) is 0 Å². The van der Waals surface area contributed by atoms with Crippen molar-refractivity contribution >= 4 is 36.0 Å². The topological polar surface area (TPSA) is 86.4 Å². The second-order valence-electron chi connectivity index (χ2n) is 7.35. The van der Waals surface area contributed by atoms with Crippen LogP contribution in [-0.4, -0.2) is 98.3 Å². The van der Waals surface area contributed by atoms with Gasteiger partial charge in [0.25, 0.3) is 0 Å². The number of nitrogens with two attached hydrogens (primary N) is 1. The number of guanidine groups is 1. The minimum absolute atomic E-state index is 0. The molecule has 0 atom stereocenters. The van der Waals surface area contributed by atoms with Crippen molar-refractivity contribution < 1.29 is 9.53 Å². The van der Waals surface area contributed by atoms with E-state index >= 15 is 0 Å². The Labute approximate surface area is 187 Å². The molecule has 164 valence electrons. The molecule has 0 radical (unpaired) electrons. The Hall–Kier alpha value is -0.810. The number of piperidine rings is 1. The van der Waals surface area contributed by atoms with Crippen molar-refractivity contribution in [3.8, 4) is 0 Å². The molecule has 2 rings (SSSR count). The van der Waals surface area contributed by atoms with Crippen LogP contribution in [0.3, 0.4) is 0 Å². The fraction of sp³-hybridized carbons (Fsp3) is 0.895. The average molecular weight is 510 g/mol. The number of likely N-dealkylation sites (tertiary alicyclic amines) is 1. The van der Waals surface area contributed by atoms with Crippen LogP contribution in [-0.2, 0) is 4.74 Å². The number of carbonyl (C=O) groups is 1. The number of rotatable bonds is 8. The maximum Gasteiger partial charge on any atom is 0.409 e. The molecule has 3 N–H and O–H groups in total. The van der Waals surface area contributed by atoms with Crippen LogP contribution in [0, 0.1) is 0 Å². The number of hydrogen-bond donors (Lipinski definition) is 2. The summed E-state index contributed by atoms with van der Waals surface area (Å²) in [5, 5.41) is 3.29. The van der Waals surface area contributed by atoms with Gasteiger partial charge in [-0.1, -0.05) is 6.92 Å². The Morgan fingerprint density at radius 2 is 1.71 bits per heavy atom. The normalized spacial score (nSPS) is 19.9. The largest absolute Gasteiger partial charge is 0.450 e. The van der Waals surface area contributed by atoms with Crippen molar-refractivity contribution in [3.05, 3.63) is 0 Å². The van der Waals surface area contributed by atoms with E-state index in [-0.39, 0.29) is 36.1 Å². The van der Waals surface area contributed by atoms with Crippen LogP contribution in [0.2, 0.25) is 0 Å². The maximum atomic E-state index is 11.7. The molecule has 1 amide bonds. The molecule has 0 spiro atoms. The van der Waals surface area contributed by atoms with Crippen LogP contribution < -0.4 is 11.1 Å². The zero-order valence-electron chi connectivity index (χ0n) is 17.6. The molecule has 2 heterocycles.